The van der Waals surface area contributed by atoms with Crippen molar-refractivity contribution in [2.24, 2.45) is 10.7 Å². The van der Waals surface area contributed by atoms with Crippen LogP contribution in [-0.4, -0.2) is 55.4 Å². The molecule has 3 aromatic rings. The lowest BCUT2D eigenvalue weighted by molar-refractivity contribution is 0.261. The Morgan fingerprint density at radius 2 is 1.90 bits per heavy atom. The summed E-state index contributed by atoms with van der Waals surface area (Å²) < 4.78 is 5.75. The van der Waals surface area contributed by atoms with E-state index in [0.29, 0.717) is 23.0 Å². The van der Waals surface area contributed by atoms with Gasteiger partial charge in [-0.3, -0.25) is 9.98 Å². The molecular formula is C22H24ClN5O. The standard InChI is InChI=1S/C22H24ClN5O/c1-25-14-18(16-12-20-19(26-13-16)8-9-21(23)27-20)22(24)15-4-6-17(7-5-15)29-11-10-28(2)3/h4-9,12-14H,10-11,24H2,1-3H3. The summed E-state index contributed by atoms with van der Waals surface area (Å²) >= 11 is 6.02. The van der Waals surface area contributed by atoms with E-state index >= 15 is 0 Å². The van der Waals surface area contributed by atoms with Crippen LogP contribution >= 0.6 is 11.6 Å². The van der Waals surface area contributed by atoms with Gasteiger partial charge in [0.15, 0.2) is 0 Å². The van der Waals surface area contributed by atoms with Gasteiger partial charge >= 0.3 is 0 Å². The van der Waals surface area contributed by atoms with Gasteiger partial charge in [-0.15, -0.1) is 0 Å². The van der Waals surface area contributed by atoms with Gasteiger partial charge in [-0.05, 0) is 62.1 Å². The van der Waals surface area contributed by atoms with Gasteiger partial charge in [0.25, 0.3) is 0 Å². The molecule has 0 saturated carbocycles. The van der Waals surface area contributed by atoms with Crippen molar-refractivity contribution < 1.29 is 4.74 Å². The minimum Gasteiger partial charge on any atom is -0.492 e. The van der Waals surface area contributed by atoms with E-state index in [2.05, 4.69) is 19.9 Å². The first kappa shape index (κ1) is 20.8. The van der Waals surface area contributed by atoms with E-state index < -0.39 is 0 Å². The normalized spacial score (nSPS) is 12.6. The second-order valence-corrected chi connectivity index (χ2v) is 7.17. The number of aliphatic imine (C=N–C) groups is 1. The van der Waals surface area contributed by atoms with Crippen molar-refractivity contribution >= 4 is 40.1 Å². The van der Waals surface area contributed by atoms with Gasteiger partial charge in [-0.25, -0.2) is 4.98 Å². The summed E-state index contributed by atoms with van der Waals surface area (Å²) in [6.45, 7) is 1.48. The van der Waals surface area contributed by atoms with Gasteiger partial charge in [0.05, 0.1) is 11.0 Å². The van der Waals surface area contributed by atoms with Crippen molar-refractivity contribution in [3.8, 4) is 5.75 Å². The molecule has 1 aromatic carbocycles. The number of nitrogens with zero attached hydrogens (tertiary/aromatic N) is 4. The molecule has 29 heavy (non-hydrogen) atoms. The van der Waals surface area contributed by atoms with Crippen LogP contribution in [0.2, 0.25) is 5.15 Å². The van der Waals surface area contributed by atoms with Crippen LogP contribution in [0.4, 0.5) is 0 Å². The maximum absolute atomic E-state index is 6.49. The molecule has 0 atom stereocenters. The highest BCUT2D eigenvalue weighted by molar-refractivity contribution is 6.29. The fraction of sp³-hybridized carbons (Fsp3) is 0.227. The maximum Gasteiger partial charge on any atom is 0.129 e. The summed E-state index contributed by atoms with van der Waals surface area (Å²) in [5.41, 5.74) is 11.0. The predicted molar refractivity (Wildman–Crippen MR) is 120 cm³/mol. The first-order valence-corrected chi connectivity index (χ1v) is 9.58. The van der Waals surface area contributed by atoms with Crippen LogP contribution in [0.1, 0.15) is 11.1 Å². The number of halogens is 1. The number of hydrogen-bond donors (Lipinski definition) is 1. The highest BCUT2D eigenvalue weighted by Crippen LogP contribution is 2.25. The second-order valence-electron chi connectivity index (χ2n) is 6.79. The number of nitrogens with two attached hydrogens (primary N) is 1. The number of likely N-dealkylation sites (N-methyl/N-ethyl adjacent to an activating group) is 1. The smallest absolute Gasteiger partial charge is 0.129 e. The third-order valence-electron chi connectivity index (χ3n) is 4.34. The summed E-state index contributed by atoms with van der Waals surface area (Å²) in [7, 11) is 5.73. The lowest BCUT2D eigenvalue weighted by Gasteiger charge is -2.12. The zero-order valence-electron chi connectivity index (χ0n) is 16.8. The van der Waals surface area contributed by atoms with E-state index in [1.807, 2.05) is 50.5 Å². The Kier molecular flexibility index (Phi) is 6.80. The zero-order chi connectivity index (χ0) is 20.8. The van der Waals surface area contributed by atoms with Crippen LogP contribution < -0.4 is 10.5 Å². The Morgan fingerprint density at radius 3 is 2.59 bits per heavy atom. The van der Waals surface area contributed by atoms with Crippen molar-refractivity contribution in [3.05, 3.63) is 64.9 Å². The molecule has 2 N–H and O–H groups in total. The van der Waals surface area contributed by atoms with Crippen molar-refractivity contribution in [3.63, 3.8) is 0 Å². The average molecular weight is 410 g/mol. The van der Waals surface area contributed by atoms with Crippen LogP contribution in [0.3, 0.4) is 0 Å². The Morgan fingerprint density at radius 1 is 1.14 bits per heavy atom. The Bertz CT molecular complexity index is 1040. The number of benzene rings is 1. The van der Waals surface area contributed by atoms with Crippen LogP contribution in [0.15, 0.2) is 53.7 Å². The van der Waals surface area contributed by atoms with Gasteiger partial charge < -0.3 is 15.4 Å². The summed E-state index contributed by atoms with van der Waals surface area (Å²) in [6.07, 6.45) is 3.49. The molecule has 0 amide bonds. The van der Waals surface area contributed by atoms with Crippen LogP contribution in [0.5, 0.6) is 5.75 Å². The number of pyridine rings is 2. The lowest BCUT2D eigenvalue weighted by Crippen LogP contribution is -2.19. The molecule has 0 radical (unpaired) electrons. The van der Waals surface area contributed by atoms with E-state index in [-0.39, 0.29) is 0 Å². The monoisotopic (exact) mass is 409 g/mol. The number of aromatic nitrogens is 2. The molecule has 6 nitrogen and oxygen atoms in total. The number of fused-ring (bicyclic) bond motifs is 1. The first-order valence-electron chi connectivity index (χ1n) is 9.20. The molecule has 0 bridgehead atoms. The molecule has 0 unspecified atom stereocenters. The molecular weight excluding hydrogens is 386 g/mol. The molecule has 0 aliphatic heterocycles. The quantitative estimate of drug-likeness (QED) is 0.475. The minimum absolute atomic E-state index is 0.420. The van der Waals surface area contributed by atoms with E-state index in [9.17, 15) is 0 Å². The third-order valence-corrected chi connectivity index (χ3v) is 4.55. The summed E-state index contributed by atoms with van der Waals surface area (Å²) in [5, 5.41) is 0.420. The molecule has 2 heterocycles. The molecule has 0 saturated heterocycles. The van der Waals surface area contributed by atoms with Gasteiger partial charge in [-0.1, -0.05) is 11.6 Å². The first-order chi connectivity index (χ1) is 14.0. The summed E-state index contributed by atoms with van der Waals surface area (Å²) in [4.78, 5) is 15.0. The van der Waals surface area contributed by atoms with Crippen LogP contribution in [0.25, 0.3) is 22.3 Å². The maximum atomic E-state index is 6.49. The Labute approximate surface area is 175 Å². The predicted octanol–water partition coefficient (Wildman–Crippen LogP) is 3.75. The summed E-state index contributed by atoms with van der Waals surface area (Å²) in [5.74, 6) is 0.806. The third kappa shape index (κ3) is 5.31. The zero-order valence-corrected chi connectivity index (χ0v) is 17.5. The molecule has 150 valence electrons. The topological polar surface area (TPSA) is 76.6 Å². The molecule has 7 heteroatoms. The van der Waals surface area contributed by atoms with Gasteiger partial charge in [0.1, 0.15) is 17.5 Å². The lowest BCUT2D eigenvalue weighted by atomic mass is 10.0. The molecule has 0 aliphatic rings. The SMILES string of the molecule is CN=CC(=C(N)c1ccc(OCCN(C)C)cc1)c1cnc2ccc(Cl)nc2c1. The summed E-state index contributed by atoms with van der Waals surface area (Å²) in [6, 6.07) is 13.2. The molecule has 2 aromatic heterocycles. The molecule has 0 fully saturated rings. The van der Waals surface area contributed by atoms with Crippen LogP contribution in [-0.2, 0) is 0 Å². The van der Waals surface area contributed by atoms with E-state index in [4.69, 9.17) is 22.1 Å². The largest absolute Gasteiger partial charge is 0.492 e. The van der Waals surface area contributed by atoms with Crippen molar-refractivity contribution in [1.82, 2.24) is 14.9 Å². The molecule has 0 spiro atoms. The van der Waals surface area contributed by atoms with Crippen molar-refractivity contribution in [2.75, 3.05) is 34.3 Å². The van der Waals surface area contributed by atoms with Crippen molar-refractivity contribution in [2.45, 2.75) is 0 Å². The number of hydrogen-bond acceptors (Lipinski definition) is 6. The fourth-order valence-electron chi connectivity index (χ4n) is 2.79. The average Bonchev–Trinajstić information content (AvgIpc) is 2.71. The fourth-order valence-corrected chi connectivity index (χ4v) is 2.94. The molecule has 3 rings (SSSR count). The Balaban J connectivity index is 1.92. The minimum atomic E-state index is 0.420. The van der Waals surface area contributed by atoms with E-state index in [1.165, 1.54) is 0 Å². The van der Waals surface area contributed by atoms with Gasteiger partial charge in [0, 0.05) is 42.8 Å². The number of allylic oxidation sites excluding steroid dienone is 1. The highest BCUT2D eigenvalue weighted by Gasteiger charge is 2.10. The molecule has 0 aliphatic carbocycles. The highest BCUT2D eigenvalue weighted by atomic mass is 35.5. The van der Waals surface area contributed by atoms with Crippen LogP contribution in [0, 0.1) is 0 Å². The second kappa shape index (κ2) is 9.49. The van der Waals surface area contributed by atoms with E-state index in [0.717, 1.165) is 34.5 Å². The van der Waals surface area contributed by atoms with E-state index in [1.54, 1.807) is 25.5 Å². The van der Waals surface area contributed by atoms with Gasteiger partial charge in [-0.2, -0.15) is 0 Å². The van der Waals surface area contributed by atoms with Crippen molar-refractivity contribution in [1.29, 1.82) is 0 Å². The van der Waals surface area contributed by atoms with Gasteiger partial charge in [0.2, 0.25) is 0 Å². The number of rotatable bonds is 7. The number of ether oxygens (including phenoxy) is 1. The Hall–Kier alpha value is -2.96.